The van der Waals surface area contributed by atoms with Gasteiger partial charge in [-0.3, -0.25) is 9.98 Å². The van der Waals surface area contributed by atoms with Crippen LogP contribution in [0.2, 0.25) is 0 Å². The molecule has 0 aliphatic carbocycles. The third-order valence-corrected chi connectivity index (χ3v) is 4.92. The molecule has 0 radical (unpaired) electrons. The fourth-order valence-corrected chi connectivity index (χ4v) is 3.50. The molecule has 32 heavy (non-hydrogen) atoms. The van der Waals surface area contributed by atoms with E-state index in [1.165, 1.54) is 10.8 Å². The standard InChI is InChI=1S/C26H19N3.2ClH.Fe/c1-2-10-21(11-3-1)27-17-22-14-15-23(29-22)18-28-26-24-12-6-4-8-19(24)16-20-9-5-7-13-25(20)26;;;/h1-18,29H;2*1H;/q;;;+2/p-2. The van der Waals surface area contributed by atoms with E-state index in [1.54, 1.807) is 0 Å². The molecule has 4 aromatic carbocycles. The third kappa shape index (κ3) is 5.48. The van der Waals surface area contributed by atoms with Crippen LogP contribution in [0.25, 0.3) is 21.5 Å². The Morgan fingerprint density at radius 3 is 1.72 bits per heavy atom. The van der Waals surface area contributed by atoms with Gasteiger partial charge in [0.1, 0.15) is 0 Å². The molecule has 0 bridgehead atoms. The van der Waals surface area contributed by atoms with Gasteiger partial charge < -0.3 is 4.98 Å². The molecular formula is C26H19Cl2FeN3. The number of nitrogens with zero attached hydrogens (tertiary/aromatic N) is 2. The average Bonchev–Trinajstić information content (AvgIpc) is 3.29. The van der Waals surface area contributed by atoms with Crippen LogP contribution in [0.1, 0.15) is 11.4 Å². The van der Waals surface area contributed by atoms with E-state index < -0.39 is 0 Å². The van der Waals surface area contributed by atoms with Crippen LogP contribution in [0.15, 0.2) is 107 Å². The molecule has 3 nitrogen and oxygen atoms in total. The summed E-state index contributed by atoms with van der Waals surface area (Å²) in [6, 6.07) is 32.9. The van der Waals surface area contributed by atoms with Crippen molar-refractivity contribution in [3.8, 4) is 0 Å². The van der Waals surface area contributed by atoms with Crippen molar-refractivity contribution in [1.82, 2.24) is 4.98 Å². The Morgan fingerprint density at radius 1 is 0.625 bits per heavy atom. The quantitative estimate of drug-likeness (QED) is 0.147. The molecule has 0 spiro atoms. The molecule has 1 aromatic heterocycles. The first kappa shape index (κ1) is 22.3. The van der Waals surface area contributed by atoms with Crippen LogP contribution in [0.5, 0.6) is 0 Å². The predicted molar refractivity (Wildman–Crippen MR) is 135 cm³/mol. The molecule has 0 saturated heterocycles. The number of aliphatic imine (C=N–C) groups is 2. The summed E-state index contributed by atoms with van der Waals surface area (Å²) >= 11 is 0.194. The number of H-pyrrole nitrogens is 1. The zero-order valence-corrected chi connectivity index (χ0v) is 19.5. The van der Waals surface area contributed by atoms with Gasteiger partial charge in [0.15, 0.2) is 0 Å². The molecule has 160 valence electrons. The zero-order valence-electron chi connectivity index (χ0n) is 16.9. The Kier molecular flexibility index (Phi) is 7.76. The molecule has 5 rings (SSSR count). The number of hydrogen-bond donors (Lipinski definition) is 1. The van der Waals surface area contributed by atoms with Crippen LogP contribution < -0.4 is 0 Å². The van der Waals surface area contributed by atoms with E-state index >= 15 is 0 Å². The van der Waals surface area contributed by atoms with Crippen LogP contribution in [0, 0.1) is 0 Å². The van der Waals surface area contributed by atoms with Crippen molar-refractivity contribution in [3.63, 3.8) is 0 Å². The summed E-state index contributed by atoms with van der Waals surface area (Å²) in [5.41, 5.74) is 3.81. The van der Waals surface area contributed by atoms with Gasteiger partial charge >= 0.3 is 33.3 Å². The number of nitrogens with one attached hydrogen (secondary N) is 1. The zero-order chi connectivity index (χ0) is 22.2. The molecule has 6 heteroatoms. The van der Waals surface area contributed by atoms with Crippen LogP contribution in [0.3, 0.4) is 0 Å². The van der Waals surface area contributed by atoms with Crippen molar-refractivity contribution < 1.29 is 13.1 Å². The monoisotopic (exact) mass is 499 g/mol. The number of fused-ring (bicyclic) bond motifs is 2. The minimum absolute atomic E-state index is 0.194. The summed E-state index contributed by atoms with van der Waals surface area (Å²) in [6.45, 7) is 0. The molecule has 0 fully saturated rings. The molecule has 0 saturated carbocycles. The van der Waals surface area contributed by atoms with Crippen molar-refractivity contribution in [2.24, 2.45) is 9.98 Å². The average molecular weight is 500 g/mol. The number of benzene rings is 4. The first-order valence-corrected chi connectivity index (χ1v) is 12.9. The van der Waals surface area contributed by atoms with Gasteiger partial charge in [-0.25, -0.2) is 0 Å². The van der Waals surface area contributed by atoms with Gasteiger partial charge in [-0.2, -0.15) is 0 Å². The van der Waals surface area contributed by atoms with E-state index in [4.69, 9.17) is 25.2 Å². The maximum absolute atomic E-state index is 4.86. The maximum atomic E-state index is 4.86. The first-order chi connectivity index (χ1) is 15.8. The van der Waals surface area contributed by atoms with Gasteiger partial charge in [-0.05, 0) is 41.1 Å². The Labute approximate surface area is 201 Å². The van der Waals surface area contributed by atoms with E-state index in [0.717, 1.165) is 33.5 Å². The van der Waals surface area contributed by atoms with E-state index in [0.29, 0.717) is 0 Å². The van der Waals surface area contributed by atoms with Gasteiger partial charge in [-0.1, -0.05) is 66.7 Å². The molecule has 0 aliphatic heterocycles. The second kappa shape index (κ2) is 11.1. The van der Waals surface area contributed by atoms with Crippen molar-refractivity contribution in [2.45, 2.75) is 0 Å². The second-order valence-corrected chi connectivity index (χ2v) is 8.76. The second-order valence-electron chi connectivity index (χ2n) is 6.94. The van der Waals surface area contributed by atoms with Gasteiger partial charge in [0.25, 0.3) is 0 Å². The van der Waals surface area contributed by atoms with Crippen LogP contribution in [-0.4, -0.2) is 17.4 Å². The number of halogens is 2. The Morgan fingerprint density at radius 2 is 1.12 bits per heavy atom. The van der Waals surface area contributed by atoms with E-state index in [-0.39, 0.29) is 13.1 Å². The number of hydrogen-bond acceptors (Lipinski definition) is 2. The van der Waals surface area contributed by atoms with Crippen molar-refractivity contribution in [3.05, 3.63) is 108 Å². The molecule has 0 atom stereocenters. The Hall–Kier alpha value is -2.88. The molecule has 5 aromatic rings. The summed E-state index contributed by atoms with van der Waals surface area (Å²) in [7, 11) is 9.53. The predicted octanol–water partition coefficient (Wildman–Crippen LogP) is 8.20. The van der Waals surface area contributed by atoms with Gasteiger partial charge in [0, 0.05) is 10.8 Å². The first-order valence-electron chi connectivity index (χ1n) is 9.86. The topological polar surface area (TPSA) is 40.5 Å². The SMILES string of the molecule is C(=Nc1ccccc1)c1ccc(C=Nc2c3ccccc3cc3ccccc23)[nH]1.[Cl][Fe][Cl]. The normalized spacial score (nSPS) is 11.4. The number of aromatic nitrogens is 1. The summed E-state index contributed by atoms with van der Waals surface area (Å²) < 4.78 is 0. The summed E-state index contributed by atoms with van der Waals surface area (Å²) in [6.07, 6.45) is 3.72. The van der Waals surface area contributed by atoms with Gasteiger partial charge in [0.2, 0.25) is 0 Å². The molecule has 1 heterocycles. The van der Waals surface area contributed by atoms with Crippen LogP contribution >= 0.6 is 20.2 Å². The summed E-state index contributed by atoms with van der Waals surface area (Å²) in [5.74, 6) is 0. The van der Waals surface area contributed by atoms with Gasteiger partial charge in [0.05, 0.1) is 35.2 Å². The third-order valence-electron chi connectivity index (χ3n) is 4.92. The molecule has 0 aliphatic rings. The van der Waals surface area contributed by atoms with Crippen LogP contribution in [-0.2, 0) is 13.1 Å². The summed E-state index contributed by atoms with van der Waals surface area (Å²) in [4.78, 5) is 12.7. The van der Waals surface area contributed by atoms with Crippen LogP contribution in [0.4, 0.5) is 11.4 Å². The molecule has 0 unspecified atom stereocenters. The van der Waals surface area contributed by atoms with E-state index in [2.05, 4.69) is 64.6 Å². The van der Waals surface area contributed by atoms with Crippen molar-refractivity contribution in [1.29, 1.82) is 0 Å². The number of aromatic amines is 1. The number of rotatable bonds is 4. The Bertz CT molecular complexity index is 1320. The summed E-state index contributed by atoms with van der Waals surface area (Å²) in [5, 5.41) is 4.70. The van der Waals surface area contributed by atoms with Gasteiger partial charge in [-0.15, -0.1) is 0 Å². The molecule has 0 amide bonds. The van der Waals surface area contributed by atoms with Crippen molar-refractivity contribution in [2.75, 3.05) is 0 Å². The molecule has 1 N–H and O–H groups in total. The Balaban J connectivity index is 0.000000775. The fraction of sp³-hybridized carbons (Fsp3) is 0. The van der Waals surface area contributed by atoms with E-state index in [1.807, 2.05) is 54.9 Å². The van der Waals surface area contributed by atoms with E-state index in [9.17, 15) is 0 Å². The molecular weight excluding hydrogens is 481 g/mol. The minimum atomic E-state index is 0.194. The number of para-hydroxylation sites is 1. The fourth-order valence-electron chi connectivity index (χ4n) is 3.50. The van der Waals surface area contributed by atoms with Crippen molar-refractivity contribution >= 4 is 65.5 Å².